The maximum absolute atomic E-state index is 12.3. The van der Waals surface area contributed by atoms with E-state index in [-0.39, 0.29) is 16.2 Å². The molecule has 0 unspecified atom stereocenters. The van der Waals surface area contributed by atoms with Gasteiger partial charge in [0.1, 0.15) is 0 Å². The van der Waals surface area contributed by atoms with Crippen LogP contribution in [-0.2, 0) is 9.53 Å². The minimum absolute atomic E-state index is 0.0368. The molecule has 1 saturated carbocycles. The molecule has 1 aliphatic carbocycles. The molecule has 2 bridgehead atoms. The van der Waals surface area contributed by atoms with Gasteiger partial charge in [-0.15, -0.1) is 23.2 Å². The standard InChI is InChI=1S/C12H19BrCl2O2Si/c1-11-5-12(15,9(14)4-8(11)13)6-18(2,3)7-17-10(11)16/h8-9H,4-7H2,1-3H3/t8-,9+,11-,12+/m0/s1. The van der Waals surface area contributed by atoms with Crippen LogP contribution in [0.15, 0.2) is 0 Å². The third-order valence-electron chi connectivity index (χ3n) is 4.16. The Balaban J connectivity index is 2.40. The maximum Gasteiger partial charge on any atom is 0.312 e. The van der Waals surface area contributed by atoms with E-state index in [1.54, 1.807) is 0 Å². The van der Waals surface area contributed by atoms with Crippen molar-refractivity contribution in [1.29, 1.82) is 0 Å². The minimum Gasteiger partial charge on any atom is -0.469 e. The largest absolute Gasteiger partial charge is 0.469 e. The number of alkyl halides is 3. The summed E-state index contributed by atoms with van der Waals surface area (Å²) in [6, 6.07) is 0.901. The highest BCUT2D eigenvalue weighted by molar-refractivity contribution is 9.09. The maximum atomic E-state index is 12.3. The number of esters is 1. The lowest BCUT2D eigenvalue weighted by molar-refractivity contribution is -0.155. The molecule has 0 aromatic rings. The lowest BCUT2D eigenvalue weighted by atomic mass is 9.70. The van der Waals surface area contributed by atoms with Gasteiger partial charge in [0.15, 0.2) is 0 Å². The topological polar surface area (TPSA) is 26.3 Å². The highest BCUT2D eigenvalue weighted by Gasteiger charge is 2.58. The minimum atomic E-state index is -1.64. The Kier molecular flexibility index (Phi) is 3.90. The summed E-state index contributed by atoms with van der Waals surface area (Å²) in [4.78, 5) is 11.9. The molecule has 2 aliphatic rings. The van der Waals surface area contributed by atoms with Crippen molar-refractivity contribution in [3.8, 4) is 0 Å². The summed E-state index contributed by atoms with van der Waals surface area (Å²) in [5.74, 6) is -0.127. The third kappa shape index (κ3) is 2.50. The van der Waals surface area contributed by atoms with Crippen molar-refractivity contribution in [3.05, 3.63) is 0 Å². The van der Waals surface area contributed by atoms with Crippen molar-refractivity contribution in [2.45, 2.75) is 54.0 Å². The zero-order chi connectivity index (χ0) is 13.8. The van der Waals surface area contributed by atoms with Gasteiger partial charge in [-0.2, -0.15) is 0 Å². The molecule has 0 N–H and O–H groups in total. The number of rotatable bonds is 0. The van der Waals surface area contributed by atoms with Crippen LogP contribution in [0.4, 0.5) is 0 Å². The van der Waals surface area contributed by atoms with Crippen LogP contribution in [-0.4, -0.2) is 35.4 Å². The molecule has 2 fully saturated rings. The summed E-state index contributed by atoms with van der Waals surface area (Å²) in [6.45, 7) is 6.35. The van der Waals surface area contributed by atoms with Crippen molar-refractivity contribution >= 4 is 53.2 Å². The zero-order valence-corrected chi connectivity index (χ0v) is 15.0. The number of carbonyl (C=O) groups excluding carboxylic acids is 1. The molecule has 0 spiro atoms. The van der Waals surface area contributed by atoms with Crippen molar-refractivity contribution in [2.75, 3.05) is 6.23 Å². The van der Waals surface area contributed by atoms with Gasteiger partial charge < -0.3 is 4.74 Å². The predicted octanol–water partition coefficient (Wildman–Crippen LogP) is 3.94. The first-order valence-electron chi connectivity index (χ1n) is 6.23. The molecule has 1 heterocycles. The van der Waals surface area contributed by atoms with Gasteiger partial charge in [-0.05, 0) is 25.8 Å². The molecule has 0 radical (unpaired) electrons. The smallest absolute Gasteiger partial charge is 0.312 e. The van der Waals surface area contributed by atoms with Crippen molar-refractivity contribution < 1.29 is 9.53 Å². The van der Waals surface area contributed by atoms with Crippen LogP contribution < -0.4 is 0 Å². The van der Waals surface area contributed by atoms with Crippen LogP contribution in [0, 0.1) is 5.41 Å². The van der Waals surface area contributed by atoms with E-state index in [0.29, 0.717) is 19.1 Å². The lowest BCUT2D eigenvalue weighted by Gasteiger charge is -2.51. The lowest BCUT2D eigenvalue weighted by Crippen LogP contribution is -2.59. The fourth-order valence-electron chi connectivity index (χ4n) is 3.13. The zero-order valence-electron chi connectivity index (χ0n) is 10.9. The van der Waals surface area contributed by atoms with Crippen LogP contribution in [0.2, 0.25) is 19.1 Å². The highest BCUT2D eigenvalue weighted by Crippen LogP contribution is 2.54. The molecule has 0 aromatic carbocycles. The first-order chi connectivity index (χ1) is 8.09. The van der Waals surface area contributed by atoms with Crippen LogP contribution in [0.25, 0.3) is 0 Å². The molecule has 0 aromatic heterocycles. The van der Waals surface area contributed by atoms with Gasteiger partial charge >= 0.3 is 5.97 Å². The fraction of sp³-hybridized carbons (Fsp3) is 0.917. The van der Waals surface area contributed by atoms with Crippen LogP contribution >= 0.6 is 39.1 Å². The molecular weight excluding hydrogens is 355 g/mol. The molecular formula is C12H19BrCl2O2Si. The van der Waals surface area contributed by atoms with E-state index in [2.05, 4.69) is 29.0 Å². The van der Waals surface area contributed by atoms with Crippen LogP contribution in [0.5, 0.6) is 0 Å². The fourth-order valence-corrected chi connectivity index (χ4v) is 8.57. The molecule has 0 amide bonds. The van der Waals surface area contributed by atoms with Crippen molar-refractivity contribution in [1.82, 2.24) is 0 Å². The Morgan fingerprint density at radius 2 is 2.11 bits per heavy atom. The van der Waals surface area contributed by atoms with Gasteiger partial charge in [0.25, 0.3) is 0 Å². The van der Waals surface area contributed by atoms with Crippen molar-refractivity contribution in [2.24, 2.45) is 5.41 Å². The summed E-state index contributed by atoms with van der Waals surface area (Å²) >= 11 is 16.9. The van der Waals surface area contributed by atoms with Gasteiger partial charge in [-0.3, -0.25) is 4.79 Å². The molecule has 18 heavy (non-hydrogen) atoms. The SMILES string of the molecule is C[C@@]12C[C@@](Cl)(C[Si](C)(C)COC1=O)[C@H](Cl)C[C@@H]2Br. The second-order valence-electron chi connectivity index (χ2n) is 6.72. The van der Waals surface area contributed by atoms with Gasteiger partial charge in [-0.1, -0.05) is 29.0 Å². The summed E-state index contributed by atoms with van der Waals surface area (Å²) in [5, 5.41) is -0.0886. The summed E-state index contributed by atoms with van der Waals surface area (Å²) in [6.07, 6.45) is 1.85. The van der Waals surface area contributed by atoms with Crippen LogP contribution in [0.1, 0.15) is 19.8 Å². The Bertz CT molecular complexity index is 379. The number of halogens is 3. The molecule has 6 heteroatoms. The Hall–Kier alpha value is 0.747. The van der Waals surface area contributed by atoms with Crippen molar-refractivity contribution in [3.63, 3.8) is 0 Å². The van der Waals surface area contributed by atoms with Gasteiger partial charge in [0.05, 0.1) is 30.0 Å². The van der Waals surface area contributed by atoms with E-state index in [9.17, 15) is 4.79 Å². The number of ether oxygens (including phenoxy) is 1. The quantitative estimate of drug-likeness (QED) is 0.365. The van der Waals surface area contributed by atoms with Gasteiger partial charge in [0, 0.05) is 4.83 Å². The molecule has 2 nitrogen and oxygen atoms in total. The number of fused-ring (bicyclic) bond motifs is 2. The van der Waals surface area contributed by atoms with Gasteiger partial charge in [-0.25, -0.2) is 0 Å². The second kappa shape index (κ2) is 4.64. The third-order valence-corrected chi connectivity index (χ3v) is 9.52. The highest BCUT2D eigenvalue weighted by atomic mass is 79.9. The Labute approximate surface area is 128 Å². The van der Waals surface area contributed by atoms with E-state index in [0.717, 1.165) is 6.04 Å². The molecule has 1 aliphatic heterocycles. The monoisotopic (exact) mass is 372 g/mol. The second-order valence-corrected chi connectivity index (χ2v) is 14.1. The van der Waals surface area contributed by atoms with E-state index >= 15 is 0 Å². The summed E-state index contributed by atoms with van der Waals surface area (Å²) < 4.78 is 5.53. The van der Waals surface area contributed by atoms with E-state index in [1.807, 2.05) is 6.92 Å². The Morgan fingerprint density at radius 1 is 1.50 bits per heavy atom. The van der Waals surface area contributed by atoms with Gasteiger partial charge in [0.2, 0.25) is 0 Å². The Morgan fingerprint density at radius 3 is 2.72 bits per heavy atom. The average Bonchev–Trinajstić information content (AvgIpc) is 2.21. The molecule has 4 atom stereocenters. The number of cyclic esters (lactones) is 1. The predicted molar refractivity (Wildman–Crippen MR) is 81.5 cm³/mol. The number of hydrogen-bond donors (Lipinski definition) is 0. The van der Waals surface area contributed by atoms with Crippen LogP contribution in [0.3, 0.4) is 0 Å². The number of hydrogen-bond acceptors (Lipinski definition) is 2. The van der Waals surface area contributed by atoms with E-state index in [4.69, 9.17) is 27.9 Å². The number of carbonyl (C=O) groups is 1. The molecule has 1 saturated heterocycles. The van der Waals surface area contributed by atoms with E-state index in [1.165, 1.54) is 0 Å². The molecule has 2 rings (SSSR count). The van der Waals surface area contributed by atoms with E-state index < -0.39 is 18.4 Å². The summed E-state index contributed by atoms with van der Waals surface area (Å²) in [7, 11) is -1.64. The average molecular weight is 374 g/mol. The first-order valence-corrected chi connectivity index (χ1v) is 11.4. The first kappa shape index (κ1) is 15.1. The normalized spacial score (nSPS) is 48.0. The molecule has 104 valence electrons. The summed E-state index contributed by atoms with van der Waals surface area (Å²) in [5.41, 5.74) is -0.557.